The Morgan fingerprint density at radius 1 is 0.950 bits per heavy atom. The second-order valence-corrected chi connectivity index (χ2v) is 11.2. The quantitative estimate of drug-likeness (QED) is 0.274. The van der Waals surface area contributed by atoms with Crippen LogP contribution in [0.15, 0.2) is 48.5 Å². The molecule has 2 aromatic rings. The molecule has 220 valence electrons. The lowest BCUT2D eigenvalue weighted by Gasteiger charge is -2.35. The minimum atomic E-state index is -1.26. The Balaban J connectivity index is 2.45. The van der Waals surface area contributed by atoms with Crippen LogP contribution in [-0.2, 0) is 20.9 Å². The number of carbonyl (C=O) groups is 3. The van der Waals surface area contributed by atoms with Crippen LogP contribution >= 0.6 is 0 Å². The van der Waals surface area contributed by atoms with E-state index in [-0.39, 0.29) is 5.91 Å². The molecule has 2 rings (SSSR count). The smallest absolute Gasteiger partial charge is 0.408 e. The van der Waals surface area contributed by atoms with Gasteiger partial charge in [0.25, 0.3) is 0 Å². The fraction of sp³-hybridized carbons (Fsp3) is 0.531. The van der Waals surface area contributed by atoms with Gasteiger partial charge in [-0.15, -0.1) is 0 Å². The first-order valence-corrected chi connectivity index (χ1v) is 14.3. The number of hydrogen-bond acceptors (Lipinski definition) is 5. The third-order valence-electron chi connectivity index (χ3n) is 6.77. The number of amides is 3. The Bertz CT molecular complexity index is 1100. The van der Waals surface area contributed by atoms with Crippen LogP contribution in [0.1, 0.15) is 88.1 Å². The lowest BCUT2D eigenvalue weighted by atomic mass is 9.94. The Hall–Kier alpha value is -3.39. The zero-order valence-corrected chi connectivity index (χ0v) is 25.0. The Labute approximate surface area is 239 Å². The van der Waals surface area contributed by atoms with Gasteiger partial charge in [0.2, 0.25) is 11.8 Å². The normalized spacial score (nSPS) is 12.8. The van der Waals surface area contributed by atoms with Gasteiger partial charge in [-0.25, -0.2) is 4.79 Å². The van der Waals surface area contributed by atoms with Crippen molar-refractivity contribution in [3.8, 4) is 0 Å². The van der Waals surface area contributed by atoms with E-state index in [0.717, 1.165) is 42.4 Å². The lowest BCUT2D eigenvalue weighted by molar-refractivity contribution is -0.143. The Morgan fingerprint density at radius 3 is 2.25 bits per heavy atom. The van der Waals surface area contributed by atoms with Crippen molar-refractivity contribution < 1.29 is 24.2 Å². The SMILES string of the molecule is CCCCCCCN(C(=O)C(CO)NC(=O)OC(C)(C)C)C(C(=O)NCc1ccccc1)c1cccc(C)c1C. The van der Waals surface area contributed by atoms with Crippen LogP contribution in [0, 0.1) is 13.8 Å². The molecule has 2 atom stereocenters. The van der Waals surface area contributed by atoms with Crippen LogP contribution in [0.3, 0.4) is 0 Å². The van der Waals surface area contributed by atoms with Gasteiger partial charge in [-0.05, 0) is 63.3 Å². The molecule has 0 saturated heterocycles. The van der Waals surface area contributed by atoms with Gasteiger partial charge in [-0.1, -0.05) is 81.1 Å². The second kappa shape index (κ2) is 16.0. The van der Waals surface area contributed by atoms with Crippen molar-refractivity contribution in [2.75, 3.05) is 13.2 Å². The summed E-state index contributed by atoms with van der Waals surface area (Å²) in [5, 5.41) is 15.7. The number of unbranched alkanes of at least 4 members (excludes halogenated alkanes) is 4. The molecule has 8 nitrogen and oxygen atoms in total. The maximum Gasteiger partial charge on any atom is 0.408 e. The maximum absolute atomic E-state index is 14.0. The van der Waals surface area contributed by atoms with Crippen molar-refractivity contribution in [2.45, 2.75) is 97.9 Å². The summed E-state index contributed by atoms with van der Waals surface area (Å²) in [7, 11) is 0. The van der Waals surface area contributed by atoms with Crippen molar-refractivity contribution in [1.29, 1.82) is 0 Å². The largest absolute Gasteiger partial charge is 0.444 e. The molecular weight excluding hydrogens is 506 g/mol. The van der Waals surface area contributed by atoms with Crippen LogP contribution < -0.4 is 10.6 Å². The molecule has 0 aliphatic rings. The van der Waals surface area contributed by atoms with E-state index in [1.54, 1.807) is 20.8 Å². The fourth-order valence-corrected chi connectivity index (χ4v) is 4.49. The predicted molar refractivity (Wildman–Crippen MR) is 158 cm³/mol. The summed E-state index contributed by atoms with van der Waals surface area (Å²) < 4.78 is 5.33. The topological polar surface area (TPSA) is 108 Å². The van der Waals surface area contributed by atoms with Gasteiger partial charge in [-0.3, -0.25) is 9.59 Å². The summed E-state index contributed by atoms with van der Waals surface area (Å²) in [4.78, 5) is 41.9. The number of hydrogen-bond donors (Lipinski definition) is 3. The summed E-state index contributed by atoms with van der Waals surface area (Å²) in [5.41, 5.74) is 2.78. The first-order chi connectivity index (χ1) is 19.0. The highest BCUT2D eigenvalue weighted by Gasteiger charge is 2.36. The van der Waals surface area contributed by atoms with Crippen molar-refractivity contribution >= 4 is 17.9 Å². The number of aliphatic hydroxyl groups is 1. The average Bonchev–Trinajstić information content (AvgIpc) is 2.91. The third kappa shape index (κ3) is 10.3. The van der Waals surface area contributed by atoms with Crippen LogP contribution in [0.4, 0.5) is 4.79 Å². The van der Waals surface area contributed by atoms with Crippen molar-refractivity contribution in [2.24, 2.45) is 0 Å². The van der Waals surface area contributed by atoms with Gasteiger partial charge in [0, 0.05) is 13.1 Å². The van der Waals surface area contributed by atoms with E-state index in [2.05, 4.69) is 17.6 Å². The van der Waals surface area contributed by atoms with E-state index < -0.39 is 36.3 Å². The molecule has 3 N–H and O–H groups in total. The molecule has 2 unspecified atom stereocenters. The number of aryl methyl sites for hydroxylation is 1. The van der Waals surface area contributed by atoms with Crippen LogP contribution in [0.25, 0.3) is 0 Å². The van der Waals surface area contributed by atoms with Crippen LogP contribution in [0.5, 0.6) is 0 Å². The second-order valence-electron chi connectivity index (χ2n) is 11.2. The molecular formula is C32H47N3O5. The zero-order valence-electron chi connectivity index (χ0n) is 25.0. The number of nitrogens with one attached hydrogen (secondary N) is 2. The Kier molecular flexibility index (Phi) is 13.1. The first kappa shape index (κ1) is 32.8. The van der Waals surface area contributed by atoms with Gasteiger partial charge in [0.15, 0.2) is 0 Å². The summed E-state index contributed by atoms with van der Waals surface area (Å²) in [6.07, 6.45) is 3.97. The number of alkyl carbamates (subject to hydrolysis) is 1. The summed E-state index contributed by atoms with van der Waals surface area (Å²) >= 11 is 0. The molecule has 0 saturated carbocycles. The zero-order chi connectivity index (χ0) is 29.7. The summed E-state index contributed by atoms with van der Waals surface area (Å²) in [6, 6.07) is 13.1. The standard InChI is InChI=1S/C32H47N3O5/c1-7-8-9-10-14-20-35(30(38)27(22-36)34-31(39)40-32(4,5)6)28(26-19-15-16-23(2)24(26)3)29(37)33-21-25-17-12-11-13-18-25/h11-13,15-19,27-28,36H,7-10,14,20-22H2,1-6H3,(H,33,37)(H,34,39). The van der Waals surface area contributed by atoms with Gasteiger partial charge in [0.05, 0.1) is 6.61 Å². The van der Waals surface area contributed by atoms with Gasteiger partial charge in [0.1, 0.15) is 17.7 Å². The van der Waals surface area contributed by atoms with E-state index in [1.165, 1.54) is 4.90 Å². The molecule has 0 radical (unpaired) electrons. The minimum absolute atomic E-state index is 0.297. The predicted octanol–water partition coefficient (Wildman–Crippen LogP) is 5.35. The van der Waals surface area contributed by atoms with E-state index in [0.29, 0.717) is 25.1 Å². The highest BCUT2D eigenvalue weighted by atomic mass is 16.6. The molecule has 0 heterocycles. The number of rotatable bonds is 14. The molecule has 0 aromatic heterocycles. The van der Waals surface area contributed by atoms with E-state index in [1.807, 2.05) is 62.4 Å². The molecule has 0 fully saturated rings. The van der Waals surface area contributed by atoms with Crippen LogP contribution in [-0.4, -0.2) is 52.7 Å². The lowest BCUT2D eigenvalue weighted by Crippen LogP contribution is -2.54. The van der Waals surface area contributed by atoms with E-state index in [9.17, 15) is 19.5 Å². The molecule has 0 bridgehead atoms. The Morgan fingerprint density at radius 2 is 1.62 bits per heavy atom. The highest BCUT2D eigenvalue weighted by molar-refractivity contribution is 5.92. The van der Waals surface area contributed by atoms with Crippen molar-refractivity contribution in [3.63, 3.8) is 0 Å². The summed E-state index contributed by atoms with van der Waals surface area (Å²) in [6.45, 7) is 11.2. The molecule has 0 spiro atoms. The number of nitrogens with zero attached hydrogens (tertiary/aromatic N) is 1. The maximum atomic E-state index is 14.0. The third-order valence-corrected chi connectivity index (χ3v) is 6.77. The average molecular weight is 554 g/mol. The van der Waals surface area contributed by atoms with Gasteiger partial charge >= 0.3 is 6.09 Å². The molecule has 0 aliphatic carbocycles. The molecule has 0 aliphatic heterocycles. The van der Waals surface area contributed by atoms with Gasteiger partial charge < -0.3 is 25.4 Å². The first-order valence-electron chi connectivity index (χ1n) is 14.3. The van der Waals surface area contributed by atoms with E-state index >= 15 is 0 Å². The van der Waals surface area contributed by atoms with E-state index in [4.69, 9.17) is 4.74 Å². The fourth-order valence-electron chi connectivity index (χ4n) is 4.49. The number of carbonyl (C=O) groups excluding carboxylic acids is 3. The monoisotopic (exact) mass is 553 g/mol. The molecule has 2 aromatic carbocycles. The number of benzene rings is 2. The highest BCUT2D eigenvalue weighted by Crippen LogP contribution is 2.28. The number of aliphatic hydroxyl groups excluding tert-OH is 1. The molecule has 40 heavy (non-hydrogen) atoms. The summed E-state index contributed by atoms with van der Waals surface area (Å²) in [5.74, 6) is -0.863. The van der Waals surface area contributed by atoms with Gasteiger partial charge in [-0.2, -0.15) is 0 Å². The number of ether oxygens (including phenoxy) is 1. The minimum Gasteiger partial charge on any atom is -0.444 e. The van der Waals surface area contributed by atoms with Crippen molar-refractivity contribution in [3.05, 3.63) is 70.8 Å². The van der Waals surface area contributed by atoms with Crippen LogP contribution in [0.2, 0.25) is 0 Å². The van der Waals surface area contributed by atoms with Crippen molar-refractivity contribution in [1.82, 2.24) is 15.5 Å². The molecule has 8 heteroatoms. The molecule has 3 amide bonds.